The Balaban J connectivity index is 3.78. The summed E-state index contributed by atoms with van der Waals surface area (Å²) in [4.78, 5) is 26.0. The van der Waals surface area contributed by atoms with Crippen molar-refractivity contribution in [3.8, 4) is 23.0 Å². The molecule has 23 heavy (non-hydrogen) atoms. The van der Waals surface area contributed by atoms with Crippen LogP contribution in [0, 0.1) is 0 Å². The number of nitrogens with zero attached hydrogens (tertiary/aromatic N) is 1. The van der Waals surface area contributed by atoms with E-state index in [0.717, 1.165) is 0 Å². The Hall–Kier alpha value is -2.70. The molecular formula is C16H21NO6. The van der Waals surface area contributed by atoms with Gasteiger partial charge in [0.2, 0.25) is 5.75 Å². The molecule has 0 atom stereocenters. The number of hydrogen-bond acceptors (Lipinski definition) is 7. The maximum atomic E-state index is 12.4. The number of rotatable bonds is 7. The number of phenols is 1. The number of hydrogen-bond donors (Lipinski definition) is 1. The molecular weight excluding hydrogens is 302 g/mol. The molecule has 0 unspecified atom stereocenters. The lowest BCUT2D eigenvalue weighted by Crippen LogP contribution is -2.10. The van der Waals surface area contributed by atoms with Gasteiger partial charge in [-0.3, -0.25) is 9.59 Å². The zero-order valence-electron chi connectivity index (χ0n) is 14.1. The standard InChI is InChI=1S/C16H21NO6/c1-9(18)11-13(20)12(10(19)7-8-17(2)3)15(22-5)16(23-6)14(11)21-4/h7-8,20H,1-6H3/b8-7+. The number of allylic oxidation sites excluding steroid dienone is 1. The molecule has 0 spiro atoms. The maximum Gasteiger partial charge on any atom is 0.205 e. The van der Waals surface area contributed by atoms with Gasteiger partial charge in [-0.2, -0.15) is 0 Å². The van der Waals surface area contributed by atoms with Crippen molar-refractivity contribution in [2.75, 3.05) is 35.4 Å². The Morgan fingerprint density at radius 1 is 0.957 bits per heavy atom. The Morgan fingerprint density at radius 2 is 1.43 bits per heavy atom. The van der Waals surface area contributed by atoms with Crippen LogP contribution in [0.1, 0.15) is 27.6 Å². The topological polar surface area (TPSA) is 85.3 Å². The highest BCUT2D eigenvalue weighted by Crippen LogP contribution is 2.48. The van der Waals surface area contributed by atoms with Gasteiger partial charge in [-0.25, -0.2) is 0 Å². The molecule has 0 heterocycles. The largest absolute Gasteiger partial charge is 0.506 e. The van der Waals surface area contributed by atoms with E-state index in [2.05, 4.69) is 0 Å². The van der Waals surface area contributed by atoms with Crippen molar-refractivity contribution in [2.24, 2.45) is 0 Å². The molecule has 0 aliphatic carbocycles. The van der Waals surface area contributed by atoms with E-state index >= 15 is 0 Å². The first-order valence-corrected chi connectivity index (χ1v) is 6.74. The van der Waals surface area contributed by atoms with Crippen molar-refractivity contribution in [1.82, 2.24) is 4.90 Å². The lowest BCUT2D eigenvalue weighted by atomic mass is 9.99. The van der Waals surface area contributed by atoms with Gasteiger partial charge in [-0.05, 0) is 6.92 Å². The zero-order valence-corrected chi connectivity index (χ0v) is 14.1. The monoisotopic (exact) mass is 323 g/mol. The second-order valence-electron chi connectivity index (χ2n) is 4.90. The van der Waals surface area contributed by atoms with Gasteiger partial charge in [0.05, 0.1) is 21.3 Å². The first kappa shape index (κ1) is 18.3. The molecule has 0 fully saturated rings. The van der Waals surface area contributed by atoms with Crippen LogP contribution in [0.2, 0.25) is 0 Å². The van der Waals surface area contributed by atoms with Crippen LogP contribution in [0.4, 0.5) is 0 Å². The van der Waals surface area contributed by atoms with Gasteiger partial charge in [0.1, 0.15) is 16.9 Å². The number of aromatic hydroxyl groups is 1. The van der Waals surface area contributed by atoms with Crippen molar-refractivity contribution in [2.45, 2.75) is 6.92 Å². The third-order valence-corrected chi connectivity index (χ3v) is 3.08. The van der Waals surface area contributed by atoms with Gasteiger partial charge in [0.25, 0.3) is 0 Å². The number of phenolic OH excluding ortho intramolecular Hbond substituents is 1. The van der Waals surface area contributed by atoms with Crippen LogP contribution in [0.5, 0.6) is 23.0 Å². The molecule has 0 radical (unpaired) electrons. The second kappa shape index (κ2) is 7.53. The summed E-state index contributed by atoms with van der Waals surface area (Å²) in [6, 6.07) is 0. The van der Waals surface area contributed by atoms with Crippen LogP contribution in [0.15, 0.2) is 12.3 Å². The normalized spacial score (nSPS) is 10.5. The average Bonchev–Trinajstić information content (AvgIpc) is 2.50. The molecule has 7 nitrogen and oxygen atoms in total. The highest BCUT2D eigenvalue weighted by atomic mass is 16.5. The van der Waals surface area contributed by atoms with Crippen LogP contribution in [0.3, 0.4) is 0 Å². The van der Waals surface area contributed by atoms with Gasteiger partial charge in [0.15, 0.2) is 23.1 Å². The van der Waals surface area contributed by atoms with Crippen molar-refractivity contribution in [3.63, 3.8) is 0 Å². The molecule has 0 bridgehead atoms. The number of carbonyl (C=O) groups excluding carboxylic acids is 2. The fourth-order valence-electron chi connectivity index (χ4n) is 2.10. The summed E-state index contributed by atoms with van der Waals surface area (Å²) in [6.07, 6.45) is 2.78. The summed E-state index contributed by atoms with van der Waals surface area (Å²) in [6.45, 7) is 1.26. The van der Waals surface area contributed by atoms with Gasteiger partial charge < -0.3 is 24.2 Å². The number of ketones is 2. The second-order valence-corrected chi connectivity index (χ2v) is 4.90. The van der Waals surface area contributed by atoms with Gasteiger partial charge in [-0.1, -0.05) is 0 Å². The van der Waals surface area contributed by atoms with Gasteiger partial charge >= 0.3 is 0 Å². The van der Waals surface area contributed by atoms with Crippen molar-refractivity contribution in [3.05, 3.63) is 23.4 Å². The third-order valence-electron chi connectivity index (χ3n) is 3.08. The van der Waals surface area contributed by atoms with Crippen LogP contribution in [0.25, 0.3) is 0 Å². The Bertz CT molecular complexity index is 649. The fourth-order valence-corrected chi connectivity index (χ4v) is 2.10. The smallest absolute Gasteiger partial charge is 0.205 e. The van der Waals surface area contributed by atoms with E-state index in [1.165, 1.54) is 40.5 Å². The van der Waals surface area contributed by atoms with Crippen LogP contribution < -0.4 is 14.2 Å². The third kappa shape index (κ3) is 3.56. The van der Waals surface area contributed by atoms with Crippen molar-refractivity contribution < 1.29 is 28.9 Å². The summed E-state index contributed by atoms with van der Waals surface area (Å²) in [5.74, 6) is -1.41. The molecule has 0 saturated carbocycles. The van der Waals surface area contributed by atoms with E-state index in [0.29, 0.717) is 0 Å². The lowest BCUT2D eigenvalue weighted by Gasteiger charge is -2.19. The number of Topliss-reactive ketones (excluding diaryl/α,β-unsaturated/α-hetero) is 1. The minimum absolute atomic E-state index is 0.000237. The summed E-state index contributed by atoms with van der Waals surface area (Å²) >= 11 is 0. The molecule has 126 valence electrons. The van der Waals surface area contributed by atoms with Crippen LogP contribution in [-0.2, 0) is 0 Å². The van der Waals surface area contributed by atoms with Crippen molar-refractivity contribution in [1.29, 1.82) is 0 Å². The number of ether oxygens (including phenoxy) is 3. The number of carbonyl (C=O) groups is 2. The van der Waals surface area contributed by atoms with Crippen LogP contribution >= 0.6 is 0 Å². The lowest BCUT2D eigenvalue weighted by molar-refractivity contribution is 0.101. The minimum Gasteiger partial charge on any atom is -0.506 e. The average molecular weight is 323 g/mol. The van der Waals surface area contributed by atoms with Gasteiger partial charge in [0, 0.05) is 26.4 Å². The molecule has 1 rings (SSSR count). The van der Waals surface area contributed by atoms with E-state index < -0.39 is 17.3 Å². The molecule has 1 aromatic carbocycles. The first-order chi connectivity index (χ1) is 10.8. The van der Waals surface area contributed by atoms with Crippen molar-refractivity contribution >= 4 is 11.6 Å². The molecule has 1 N–H and O–H groups in total. The Labute approximate surface area is 135 Å². The molecule has 1 aromatic rings. The summed E-state index contributed by atoms with van der Waals surface area (Å²) in [5.41, 5.74) is -0.291. The van der Waals surface area contributed by atoms with E-state index in [9.17, 15) is 14.7 Å². The predicted molar refractivity (Wildman–Crippen MR) is 84.9 cm³/mol. The Kier molecular flexibility index (Phi) is 6.01. The molecule has 0 aromatic heterocycles. The maximum absolute atomic E-state index is 12.4. The van der Waals surface area contributed by atoms with Gasteiger partial charge in [-0.15, -0.1) is 0 Å². The predicted octanol–water partition coefficient (Wildman–Crippen LogP) is 1.88. The molecule has 7 heteroatoms. The SMILES string of the molecule is COc1c(OC)c(C(C)=O)c(O)c(C(=O)/C=C/N(C)C)c1OC. The quantitative estimate of drug-likeness (QED) is 0.605. The molecule has 0 amide bonds. The Morgan fingerprint density at radius 3 is 1.83 bits per heavy atom. The molecule has 0 aliphatic heterocycles. The molecule has 0 saturated heterocycles. The highest BCUT2D eigenvalue weighted by molar-refractivity contribution is 6.13. The van der Waals surface area contributed by atoms with E-state index in [-0.39, 0.29) is 28.4 Å². The van der Waals surface area contributed by atoms with E-state index in [1.807, 2.05) is 0 Å². The fraction of sp³-hybridized carbons (Fsp3) is 0.375. The van der Waals surface area contributed by atoms with E-state index in [4.69, 9.17) is 14.2 Å². The summed E-state index contributed by atoms with van der Waals surface area (Å²) in [7, 11) is 7.51. The summed E-state index contributed by atoms with van der Waals surface area (Å²) in [5, 5.41) is 10.4. The van der Waals surface area contributed by atoms with E-state index in [1.54, 1.807) is 19.0 Å². The highest BCUT2D eigenvalue weighted by Gasteiger charge is 2.31. The van der Waals surface area contributed by atoms with Crippen LogP contribution in [-0.4, -0.2) is 57.0 Å². The summed E-state index contributed by atoms with van der Waals surface area (Å²) < 4.78 is 15.6. The number of benzene rings is 1. The number of methoxy groups -OCH3 is 3. The first-order valence-electron chi connectivity index (χ1n) is 6.74. The minimum atomic E-state index is -0.531. The molecule has 0 aliphatic rings. The zero-order chi connectivity index (χ0) is 17.7.